The third-order valence-electron chi connectivity index (χ3n) is 7.96. The van der Waals surface area contributed by atoms with Crippen molar-refractivity contribution in [3.63, 3.8) is 0 Å². The zero-order valence-electron chi connectivity index (χ0n) is 22.6. The van der Waals surface area contributed by atoms with Crippen molar-refractivity contribution in [2.24, 2.45) is 0 Å². The highest BCUT2D eigenvalue weighted by atomic mass is 16.5. The second-order valence-electron chi connectivity index (χ2n) is 11.0. The summed E-state index contributed by atoms with van der Waals surface area (Å²) in [6.45, 7) is 8.12. The van der Waals surface area contributed by atoms with Gasteiger partial charge in [0, 0.05) is 31.9 Å². The van der Waals surface area contributed by atoms with E-state index in [1.54, 1.807) is 0 Å². The topological polar surface area (TPSA) is 72.9 Å². The van der Waals surface area contributed by atoms with E-state index < -0.39 is 11.6 Å². The van der Waals surface area contributed by atoms with Gasteiger partial charge in [0.1, 0.15) is 11.9 Å². The van der Waals surface area contributed by atoms with E-state index >= 15 is 0 Å². The van der Waals surface area contributed by atoms with E-state index in [1.807, 2.05) is 0 Å². The Labute approximate surface area is 220 Å². The maximum atomic E-state index is 12.9. The van der Waals surface area contributed by atoms with E-state index in [-0.39, 0.29) is 12.1 Å². The fraction of sp³-hybridized carbons (Fsp3) is 0.600. The summed E-state index contributed by atoms with van der Waals surface area (Å²) < 4.78 is 17.5. The van der Waals surface area contributed by atoms with Gasteiger partial charge in [0.15, 0.2) is 0 Å². The molecule has 200 valence electrons. The first-order chi connectivity index (χ1) is 18.0. The molecule has 0 spiro atoms. The molecular weight excluding hydrogens is 466 g/mol. The number of carbonyl (C=O) groups is 1. The van der Waals surface area contributed by atoms with Gasteiger partial charge in [-0.15, -0.1) is 0 Å². The van der Waals surface area contributed by atoms with Gasteiger partial charge in [0.2, 0.25) is 0 Å². The van der Waals surface area contributed by atoms with Gasteiger partial charge in [-0.3, -0.25) is 4.90 Å². The van der Waals surface area contributed by atoms with Crippen LogP contribution in [0.3, 0.4) is 0 Å². The number of nitrogens with one attached hydrogen (secondary N) is 1. The van der Waals surface area contributed by atoms with Gasteiger partial charge in [-0.1, -0.05) is 30.7 Å². The van der Waals surface area contributed by atoms with Crippen molar-refractivity contribution in [2.75, 3.05) is 45.3 Å². The van der Waals surface area contributed by atoms with Crippen molar-refractivity contribution in [2.45, 2.75) is 76.5 Å². The quantitative estimate of drug-likeness (QED) is 0.373. The number of hydrogen-bond donors (Lipinski definition) is 1. The van der Waals surface area contributed by atoms with Crippen LogP contribution in [0.5, 0.6) is 0 Å². The number of fused-ring (bicyclic) bond motifs is 2. The summed E-state index contributed by atoms with van der Waals surface area (Å²) in [5.74, 6) is 0.859. The van der Waals surface area contributed by atoms with Crippen molar-refractivity contribution < 1.29 is 19.0 Å². The number of methoxy groups -OCH3 is 1. The molecule has 1 unspecified atom stereocenters. The van der Waals surface area contributed by atoms with E-state index in [0.29, 0.717) is 6.61 Å². The molecule has 1 atom stereocenters. The van der Waals surface area contributed by atoms with Crippen LogP contribution in [0, 0.1) is 0 Å². The van der Waals surface area contributed by atoms with Crippen molar-refractivity contribution >= 4 is 11.8 Å². The number of aryl methyl sites for hydroxylation is 2. The van der Waals surface area contributed by atoms with Crippen molar-refractivity contribution in [1.29, 1.82) is 0 Å². The molecular formula is C30H41N3O4. The molecule has 2 aromatic rings. The van der Waals surface area contributed by atoms with Crippen LogP contribution < -0.4 is 5.32 Å². The standard InChI is InChI=1S/C30H41N3O4/c1-30(2)26-21(15-18-37-30)9-7-12-25(26)27(29(34)35-3)33-19-24(20-33)36-17-6-4-5-11-23-14-13-22-10-8-16-31-28(22)32-23/h7,9,12-14,24,27H,4-6,8,10-11,15-20H2,1-3H3,(H,31,32). The molecule has 0 saturated carbocycles. The van der Waals surface area contributed by atoms with Crippen molar-refractivity contribution in [1.82, 2.24) is 9.88 Å². The second kappa shape index (κ2) is 11.5. The Morgan fingerprint density at radius 3 is 2.86 bits per heavy atom. The van der Waals surface area contributed by atoms with Crippen LogP contribution >= 0.6 is 0 Å². The molecule has 1 saturated heterocycles. The Morgan fingerprint density at radius 1 is 1.16 bits per heavy atom. The summed E-state index contributed by atoms with van der Waals surface area (Å²) in [4.78, 5) is 19.9. The largest absolute Gasteiger partial charge is 0.468 e. The molecule has 3 aliphatic heterocycles. The molecule has 1 N–H and O–H groups in total. The molecule has 1 aromatic carbocycles. The van der Waals surface area contributed by atoms with Crippen LogP contribution in [-0.2, 0) is 43.9 Å². The Balaban J connectivity index is 1.08. The maximum absolute atomic E-state index is 12.9. The van der Waals surface area contributed by atoms with Crippen LogP contribution in [0.4, 0.5) is 5.82 Å². The summed E-state index contributed by atoms with van der Waals surface area (Å²) in [6.07, 6.45) is 7.64. The van der Waals surface area contributed by atoms with E-state index in [9.17, 15) is 4.79 Å². The number of aromatic nitrogens is 1. The lowest BCUT2D eigenvalue weighted by molar-refractivity contribution is -0.154. The summed E-state index contributed by atoms with van der Waals surface area (Å²) in [5, 5.41) is 3.42. The van der Waals surface area contributed by atoms with Crippen molar-refractivity contribution in [3.8, 4) is 0 Å². The monoisotopic (exact) mass is 507 g/mol. The van der Waals surface area contributed by atoms with Gasteiger partial charge in [-0.2, -0.15) is 0 Å². The molecule has 4 heterocycles. The normalized spacial score (nSPS) is 19.8. The number of carbonyl (C=O) groups excluding carboxylic acids is 1. The first kappa shape index (κ1) is 26.1. The smallest absolute Gasteiger partial charge is 0.327 e. The molecule has 37 heavy (non-hydrogen) atoms. The number of benzene rings is 1. The summed E-state index contributed by atoms with van der Waals surface area (Å²) in [5.41, 5.74) is 5.48. The first-order valence-electron chi connectivity index (χ1n) is 13.9. The predicted molar refractivity (Wildman–Crippen MR) is 144 cm³/mol. The fourth-order valence-electron chi connectivity index (χ4n) is 5.99. The predicted octanol–water partition coefficient (Wildman–Crippen LogP) is 4.58. The molecule has 0 aliphatic carbocycles. The first-order valence-corrected chi connectivity index (χ1v) is 13.9. The Kier molecular flexibility index (Phi) is 8.12. The Bertz CT molecular complexity index is 1100. The number of pyridine rings is 1. The van der Waals surface area contributed by atoms with Gasteiger partial charge in [0.25, 0.3) is 0 Å². The lowest BCUT2D eigenvalue weighted by atomic mass is 9.82. The average molecular weight is 508 g/mol. The van der Waals surface area contributed by atoms with E-state index in [0.717, 1.165) is 81.7 Å². The minimum atomic E-state index is -0.431. The molecule has 7 heteroatoms. The highest BCUT2D eigenvalue weighted by Crippen LogP contribution is 2.40. The van der Waals surface area contributed by atoms with Crippen LogP contribution in [0.25, 0.3) is 0 Å². The third kappa shape index (κ3) is 5.84. The van der Waals surface area contributed by atoms with Gasteiger partial charge in [-0.05, 0) is 80.7 Å². The molecule has 0 amide bonds. The molecule has 1 fully saturated rings. The van der Waals surface area contributed by atoms with Gasteiger partial charge in [-0.25, -0.2) is 9.78 Å². The minimum absolute atomic E-state index is 0.157. The number of hydrogen-bond acceptors (Lipinski definition) is 7. The van der Waals surface area contributed by atoms with Crippen LogP contribution in [0.2, 0.25) is 0 Å². The highest BCUT2D eigenvalue weighted by Gasteiger charge is 2.42. The van der Waals surface area contributed by atoms with E-state index in [4.69, 9.17) is 19.2 Å². The van der Waals surface area contributed by atoms with E-state index in [2.05, 4.69) is 54.4 Å². The molecule has 1 aromatic heterocycles. The number of anilines is 1. The highest BCUT2D eigenvalue weighted by molar-refractivity contribution is 5.78. The second-order valence-corrected chi connectivity index (χ2v) is 11.0. The van der Waals surface area contributed by atoms with Crippen LogP contribution in [0.15, 0.2) is 30.3 Å². The lowest BCUT2D eigenvalue weighted by Gasteiger charge is -2.45. The molecule has 0 radical (unpaired) electrons. The Morgan fingerprint density at radius 2 is 2.03 bits per heavy atom. The van der Waals surface area contributed by atoms with Crippen LogP contribution in [0.1, 0.15) is 73.5 Å². The number of nitrogens with zero attached hydrogens (tertiary/aromatic N) is 2. The fourth-order valence-corrected chi connectivity index (χ4v) is 5.99. The molecule has 0 bridgehead atoms. The van der Waals surface area contributed by atoms with Crippen LogP contribution in [-0.4, -0.2) is 61.9 Å². The summed E-state index contributed by atoms with van der Waals surface area (Å²) in [6, 6.07) is 10.2. The SMILES string of the molecule is COC(=O)C(c1cccc2c1C(C)(C)OCC2)N1CC(OCCCCCc2ccc3c(n2)NCCC3)C1. The minimum Gasteiger partial charge on any atom is -0.468 e. The summed E-state index contributed by atoms with van der Waals surface area (Å²) in [7, 11) is 1.47. The zero-order chi connectivity index (χ0) is 25.8. The zero-order valence-corrected chi connectivity index (χ0v) is 22.6. The maximum Gasteiger partial charge on any atom is 0.327 e. The molecule has 7 nitrogen and oxygen atoms in total. The van der Waals surface area contributed by atoms with Gasteiger partial charge in [0.05, 0.1) is 25.4 Å². The number of esters is 1. The van der Waals surface area contributed by atoms with Crippen molar-refractivity contribution in [3.05, 3.63) is 58.3 Å². The number of rotatable bonds is 10. The lowest BCUT2D eigenvalue weighted by Crippen LogP contribution is -2.55. The number of likely N-dealkylation sites (tertiary alicyclic amines) is 1. The number of ether oxygens (including phenoxy) is 3. The number of unbranched alkanes of at least 4 members (excludes halogenated alkanes) is 2. The van der Waals surface area contributed by atoms with E-state index in [1.165, 1.54) is 30.4 Å². The van der Waals surface area contributed by atoms with Gasteiger partial charge < -0.3 is 19.5 Å². The molecule has 5 rings (SSSR count). The average Bonchev–Trinajstić information content (AvgIpc) is 2.88. The molecule has 3 aliphatic rings. The summed E-state index contributed by atoms with van der Waals surface area (Å²) >= 11 is 0. The Hall–Kier alpha value is -2.48. The van der Waals surface area contributed by atoms with Gasteiger partial charge >= 0.3 is 5.97 Å². The third-order valence-corrected chi connectivity index (χ3v) is 7.96.